The van der Waals surface area contributed by atoms with Gasteiger partial charge in [-0.05, 0) is 44.2 Å². The number of pyridine rings is 1. The van der Waals surface area contributed by atoms with Crippen LogP contribution in [0.4, 0.5) is 0 Å². The number of hydrogen-bond donors (Lipinski definition) is 3. The predicted octanol–water partition coefficient (Wildman–Crippen LogP) is 1.99. The van der Waals surface area contributed by atoms with Gasteiger partial charge in [-0.3, -0.25) is 24.3 Å². The van der Waals surface area contributed by atoms with E-state index in [0.717, 1.165) is 37.8 Å². The van der Waals surface area contributed by atoms with Crippen molar-refractivity contribution in [2.45, 2.75) is 94.9 Å². The number of likely N-dealkylation sites (tertiary alicyclic amines) is 1. The molecule has 3 aliphatic rings. The van der Waals surface area contributed by atoms with Crippen molar-refractivity contribution >= 4 is 17.7 Å². The summed E-state index contributed by atoms with van der Waals surface area (Å²) >= 11 is 0. The highest BCUT2D eigenvalue weighted by Crippen LogP contribution is 2.37. The van der Waals surface area contributed by atoms with Crippen LogP contribution >= 0.6 is 0 Å². The lowest BCUT2D eigenvalue weighted by molar-refractivity contribution is -0.163. The van der Waals surface area contributed by atoms with Gasteiger partial charge in [-0.15, -0.1) is 0 Å². The smallest absolute Gasteiger partial charge is 0.252 e. The summed E-state index contributed by atoms with van der Waals surface area (Å²) in [6.07, 6.45) is 9.26. The minimum absolute atomic E-state index is 0.0399. The number of aromatic nitrogens is 1. The van der Waals surface area contributed by atoms with Crippen molar-refractivity contribution in [1.29, 1.82) is 0 Å². The van der Waals surface area contributed by atoms with E-state index in [2.05, 4.69) is 27.4 Å². The van der Waals surface area contributed by atoms with Gasteiger partial charge in [-0.25, -0.2) is 0 Å². The summed E-state index contributed by atoms with van der Waals surface area (Å²) in [4.78, 5) is 47.6. The molecular formula is C27H41N5O4. The molecule has 3 amide bonds. The highest BCUT2D eigenvalue weighted by Gasteiger charge is 2.54. The Labute approximate surface area is 214 Å². The molecule has 1 aromatic rings. The summed E-state index contributed by atoms with van der Waals surface area (Å²) < 4.78 is 0. The number of piperazine rings is 1. The number of carbonyl (C=O) groups excluding carboxylic acids is 3. The molecule has 9 nitrogen and oxygen atoms in total. The van der Waals surface area contributed by atoms with Gasteiger partial charge >= 0.3 is 0 Å². The molecule has 3 N–H and O–H groups in total. The van der Waals surface area contributed by atoms with Crippen LogP contribution in [0.5, 0.6) is 0 Å². The van der Waals surface area contributed by atoms with Crippen LogP contribution in [0.1, 0.15) is 87.2 Å². The standard InChI is InChI=1S/C27H41N5O4/c1-3-4-14-32-24(34)22(17-26(36)10-6-5-7-11-26)30-25(35)27(32)12-15-31(16-13-27)19-21-9-8-20(18-29-21)23(33)28-2/h8-9,18,22,36H,3-7,10-17,19H2,1-2H3,(H,28,33)(H,30,35)/t22-/m1/s1. The van der Waals surface area contributed by atoms with Crippen LogP contribution in [0.2, 0.25) is 0 Å². The van der Waals surface area contributed by atoms with Gasteiger partial charge in [-0.1, -0.05) is 32.6 Å². The van der Waals surface area contributed by atoms with Gasteiger partial charge in [0, 0.05) is 45.8 Å². The maximum absolute atomic E-state index is 13.7. The first-order valence-corrected chi connectivity index (χ1v) is 13.5. The van der Waals surface area contributed by atoms with E-state index < -0.39 is 17.2 Å². The van der Waals surface area contributed by atoms with Gasteiger partial charge in [-0.2, -0.15) is 0 Å². The summed E-state index contributed by atoms with van der Waals surface area (Å²) in [5.74, 6) is -0.278. The maximum atomic E-state index is 13.7. The van der Waals surface area contributed by atoms with E-state index in [1.807, 2.05) is 11.0 Å². The third kappa shape index (κ3) is 5.57. The fourth-order valence-electron chi connectivity index (χ4n) is 6.05. The van der Waals surface area contributed by atoms with Crippen molar-refractivity contribution in [3.63, 3.8) is 0 Å². The number of hydrogen-bond acceptors (Lipinski definition) is 6. The molecule has 1 aromatic heterocycles. The molecule has 0 aromatic carbocycles. The molecule has 2 aliphatic heterocycles. The van der Waals surface area contributed by atoms with Crippen molar-refractivity contribution in [2.75, 3.05) is 26.7 Å². The molecule has 1 atom stereocenters. The molecule has 1 aliphatic carbocycles. The monoisotopic (exact) mass is 499 g/mol. The van der Waals surface area contributed by atoms with E-state index in [1.54, 1.807) is 19.3 Å². The molecular weight excluding hydrogens is 458 g/mol. The molecule has 0 bridgehead atoms. The molecule has 36 heavy (non-hydrogen) atoms. The fraction of sp³-hybridized carbons (Fsp3) is 0.704. The lowest BCUT2D eigenvalue weighted by Crippen LogP contribution is -2.73. The largest absolute Gasteiger partial charge is 0.390 e. The molecule has 0 radical (unpaired) electrons. The Bertz CT molecular complexity index is 936. The molecule has 3 heterocycles. The summed E-state index contributed by atoms with van der Waals surface area (Å²) in [6, 6.07) is 2.98. The average Bonchev–Trinajstić information content (AvgIpc) is 2.89. The summed E-state index contributed by atoms with van der Waals surface area (Å²) in [6.45, 7) is 4.65. The Morgan fingerprint density at radius 3 is 2.50 bits per heavy atom. The van der Waals surface area contributed by atoms with Crippen LogP contribution in [0.3, 0.4) is 0 Å². The lowest BCUT2D eigenvalue weighted by Gasteiger charge is -2.52. The normalized spacial score (nSPS) is 24.0. The molecule has 2 saturated heterocycles. The molecule has 1 spiro atoms. The third-order valence-corrected chi connectivity index (χ3v) is 8.30. The minimum atomic E-state index is -0.865. The second-order valence-electron chi connectivity index (χ2n) is 10.8. The van der Waals surface area contributed by atoms with E-state index in [0.29, 0.717) is 63.8 Å². The van der Waals surface area contributed by atoms with Gasteiger partial charge in [0.15, 0.2) is 0 Å². The molecule has 0 unspecified atom stereocenters. The first-order chi connectivity index (χ1) is 17.3. The molecule has 198 valence electrons. The Kier molecular flexibility index (Phi) is 8.30. The van der Waals surface area contributed by atoms with Gasteiger partial charge in [0.05, 0.1) is 16.9 Å². The zero-order valence-electron chi connectivity index (χ0n) is 21.7. The number of rotatable bonds is 8. The van der Waals surface area contributed by atoms with Crippen LogP contribution in [0, 0.1) is 0 Å². The van der Waals surface area contributed by atoms with E-state index in [9.17, 15) is 19.5 Å². The SMILES string of the molecule is CCCCN1C(=O)[C@@H](CC2(O)CCCCC2)NC(=O)C12CCN(Cc1ccc(C(=O)NC)cn1)CC2. The second kappa shape index (κ2) is 11.3. The van der Waals surface area contributed by atoms with Gasteiger partial charge in [0.25, 0.3) is 5.91 Å². The molecule has 9 heteroatoms. The van der Waals surface area contributed by atoms with Crippen molar-refractivity contribution in [3.05, 3.63) is 29.6 Å². The van der Waals surface area contributed by atoms with Gasteiger partial charge < -0.3 is 20.6 Å². The van der Waals surface area contributed by atoms with Crippen LogP contribution in [0.25, 0.3) is 0 Å². The Morgan fingerprint density at radius 1 is 1.17 bits per heavy atom. The number of carbonyl (C=O) groups is 3. The number of aliphatic hydroxyl groups is 1. The zero-order chi connectivity index (χ0) is 25.8. The quantitative estimate of drug-likeness (QED) is 0.504. The minimum Gasteiger partial charge on any atom is -0.390 e. The summed E-state index contributed by atoms with van der Waals surface area (Å²) in [5, 5.41) is 16.7. The van der Waals surface area contributed by atoms with Crippen LogP contribution in [-0.4, -0.2) is 81.5 Å². The first-order valence-electron chi connectivity index (χ1n) is 13.5. The topological polar surface area (TPSA) is 115 Å². The van der Waals surface area contributed by atoms with E-state index in [1.165, 1.54) is 0 Å². The number of unbranched alkanes of at least 4 members (excludes halogenated alkanes) is 1. The third-order valence-electron chi connectivity index (χ3n) is 8.30. The van der Waals surface area contributed by atoms with E-state index in [-0.39, 0.29) is 17.7 Å². The highest BCUT2D eigenvalue weighted by molar-refractivity contribution is 6.00. The molecule has 3 fully saturated rings. The van der Waals surface area contributed by atoms with Gasteiger partial charge in [0.1, 0.15) is 11.6 Å². The predicted molar refractivity (Wildman–Crippen MR) is 136 cm³/mol. The maximum Gasteiger partial charge on any atom is 0.252 e. The Balaban J connectivity index is 1.43. The lowest BCUT2D eigenvalue weighted by atomic mass is 9.77. The van der Waals surface area contributed by atoms with E-state index in [4.69, 9.17) is 0 Å². The number of piperidine rings is 1. The van der Waals surface area contributed by atoms with Crippen LogP contribution < -0.4 is 10.6 Å². The van der Waals surface area contributed by atoms with Crippen LogP contribution in [0.15, 0.2) is 18.3 Å². The summed E-state index contributed by atoms with van der Waals surface area (Å²) in [7, 11) is 1.59. The average molecular weight is 500 g/mol. The first kappa shape index (κ1) is 26.5. The fourth-order valence-corrected chi connectivity index (χ4v) is 6.05. The van der Waals surface area contributed by atoms with Crippen molar-refractivity contribution in [1.82, 2.24) is 25.4 Å². The van der Waals surface area contributed by atoms with Crippen LogP contribution in [-0.2, 0) is 16.1 Å². The Morgan fingerprint density at radius 2 is 1.89 bits per heavy atom. The summed E-state index contributed by atoms with van der Waals surface area (Å²) in [5.41, 5.74) is -0.303. The number of nitrogens with zero attached hydrogens (tertiary/aromatic N) is 3. The molecule has 1 saturated carbocycles. The number of nitrogens with one attached hydrogen (secondary N) is 2. The second-order valence-corrected chi connectivity index (χ2v) is 10.8. The van der Waals surface area contributed by atoms with Crippen molar-refractivity contribution in [2.24, 2.45) is 0 Å². The Hall–Kier alpha value is -2.52. The van der Waals surface area contributed by atoms with Gasteiger partial charge in [0.2, 0.25) is 11.8 Å². The van der Waals surface area contributed by atoms with Crippen molar-refractivity contribution < 1.29 is 19.5 Å². The van der Waals surface area contributed by atoms with E-state index >= 15 is 0 Å². The highest BCUT2D eigenvalue weighted by atomic mass is 16.3. The van der Waals surface area contributed by atoms with Crippen molar-refractivity contribution in [3.8, 4) is 0 Å². The number of amides is 3. The molecule has 4 rings (SSSR count). The zero-order valence-corrected chi connectivity index (χ0v) is 21.7.